The smallest absolute Gasteiger partial charge is 0.851 e. The van der Waals surface area contributed by atoms with E-state index in [0.717, 1.165) is 11.1 Å². The minimum atomic E-state index is -1.41. The molecule has 0 aliphatic carbocycles. The third-order valence-electron chi connectivity index (χ3n) is 3.95. The van der Waals surface area contributed by atoms with Crippen molar-refractivity contribution < 1.29 is 48.3 Å². The topological polar surface area (TPSA) is 100 Å². The number of fused-ring (bicyclic) bond motifs is 1. The molecule has 0 spiro atoms. The molecule has 26 heavy (non-hydrogen) atoms. The largest absolute Gasteiger partial charge is 1.00 e. The van der Waals surface area contributed by atoms with Crippen molar-refractivity contribution in [2.24, 2.45) is 0 Å². The van der Waals surface area contributed by atoms with E-state index in [1.807, 2.05) is 0 Å². The second-order valence-electron chi connectivity index (χ2n) is 5.45. The summed E-state index contributed by atoms with van der Waals surface area (Å²) in [6.07, 6.45) is 1.48. The number of aromatic nitrogens is 3. The third kappa shape index (κ3) is 4.10. The first-order valence-electron chi connectivity index (χ1n) is 7.59. The maximum Gasteiger partial charge on any atom is 1.00 e. The van der Waals surface area contributed by atoms with Gasteiger partial charge in [0.05, 0.1) is 47.5 Å². The molecule has 0 saturated carbocycles. The zero-order valence-corrected chi connectivity index (χ0v) is 18.0. The Morgan fingerprint density at radius 2 is 2.04 bits per heavy atom. The molecule has 0 aliphatic rings. The van der Waals surface area contributed by atoms with Crippen molar-refractivity contribution in [1.29, 1.82) is 0 Å². The summed E-state index contributed by atoms with van der Waals surface area (Å²) in [5.41, 5.74) is 3.30. The van der Waals surface area contributed by atoms with Crippen LogP contribution >= 0.6 is 0 Å². The molecule has 0 bridgehead atoms. The molecule has 3 aromatic rings. The molecule has 0 amide bonds. The number of ether oxygens (including phenoxy) is 2. The molecule has 1 unspecified atom stereocenters. The van der Waals surface area contributed by atoms with Gasteiger partial charge in [0.1, 0.15) is 11.5 Å². The van der Waals surface area contributed by atoms with Gasteiger partial charge in [-0.15, -0.1) is 6.61 Å². The standard InChI is InChI=1S/C17H18N3O4S.Na/c1-10-15(18-7-11(8-21)16(10)24-3)9-25(22)17-19-13-5-4-12(23-2)6-14(13)20-17;/h4-7H,8-9H2,1-3H3,(H,19,20);/q-1;+1. The van der Waals surface area contributed by atoms with Crippen LogP contribution in [0.25, 0.3) is 11.0 Å². The van der Waals surface area contributed by atoms with Crippen LogP contribution in [-0.2, 0) is 23.2 Å². The van der Waals surface area contributed by atoms with Gasteiger partial charge in [-0.25, -0.2) is 4.98 Å². The molecule has 2 aromatic heterocycles. The van der Waals surface area contributed by atoms with E-state index in [1.54, 1.807) is 32.2 Å². The number of hydrogen-bond acceptors (Lipinski definition) is 6. The Kier molecular flexibility index (Phi) is 7.19. The number of methoxy groups -OCH3 is 2. The van der Waals surface area contributed by atoms with Gasteiger partial charge in [0.25, 0.3) is 0 Å². The van der Waals surface area contributed by atoms with Gasteiger partial charge in [-0.3, -0.25) is 9.19 Å². The number of imidazole rings is 1. The molecular weight excluding hydrogens is 365 g/mol. The van der Waals surface area contributed by atoms with Crippen molar-refractivity contribution in [2.45, 2.75) is 24.4 Å². The zero-order valence-electron chi connectivity index (χ0n) is 15.2. The van der Waals surface area contributed by atoms with Crippen molar-refractivity contribution in [3.63, 3.8) is 0 Å². The van der Waals surface area contributed by atoms with Crippen molar-refractivity contribution in [3.05, 3.63) is 41.2 Å². The minimum absolute atomic E-state index is 0. The van der Waals surface area contributed by atoms with Crippen LogP contribution in [0.3, 0.4) is 0 Å². The van der Waals surface area contributed by atoms with Gasteiger partial charge in [-0.05, 0) is 24.6 Å². The summed E-state index contributed by atoms with van der Waals surface area (Å²) in [6.45, 7) is 1.40. The van der Waals surface area contributed by atoms with Crippen LogP contribution in [0.15, 0.2) is 29.6 Å². The second kappa shape index (κ2) is 8.96. The van der Waals surface area contributed by atoms with E-state index in [1.165, 1.54) is 13.3 Å². The molecule has 2 heterocycles. The number of pyridine rings is 1. The van der Waals surface area contributed by atoms with E-state index >= 15 is 0 Å². The normalized spacial score (nSPS) is 11.8. The van der Waals surface area contributed by atoms with E-state index in [0.29, 0.717) is 33.4 Å². The van der Waals surface area contributed by atoms with Crippen molar-refractivity contribution >= 4 is 21.8 Å². The Labute approximate surface area is 175 Å². The van der Waals surface area contributed by atoms with Gasteiger partial charge in [-0.2, -0.15) is 0 Å². The molecule has 0 radical (unpaired) electrons. The third-order valence-corrected chi connectivity index (χ3v) is 5.11. The van der Waals surface area contributed by atoms with Crippen LogP contribution in [0.5, 0.6) is 11.5 Å². The summed E-state index contributed by atoms with van der Waals surface area (Å²) in [4.78, 5) is 11.7. The number of hydrogen-bond donors (Lipinski definition) is 1. The molecule has 7 nitrogen and oxygen atoms in total. The first-order chi connectivity index (χ1) is 12.1. The summed E-state index contributed by atoms with van der Waals surface area (Å²) < 4.78 is 23.2. The number of H-pyrrole nitrogens is 1. The van der Waals surface area contributed by atoms with Crippen molar-refractivity contribution in [2.75, 3.05) is 14.2 Å². The molecule has 3 rings (SSSR count). The minimum Gasteiger partial charge on any atom is -0.851 e. The molecule has 132 valence electrons. The SMILES string of the molecule is COc1ccc2nc(S(=O)Cc3ncc(C[O-])c(OC)c3C)[nH]c2c1.[Na+]. The second-order valence-corrected chi connectivity index (χ2v) is 6.81. The van der Waals surface area contributed by atoms with E-state index in [2.05, 4.69) is 15.0 Å². The average molecular weight is 383 g/mol. The van der Waals surface area contributed by atoms with Gasteiger partial charge in [-0.1, -0.05) is 0 Å². The molecule has 9 heteroatoms. The summed E-state index contributed by atoms with van der Waals surface area (Å²) in [6, 6.07) is 5.41. The summed E-state index contributed by atoms with van der Waals surface area (Å²) >= 11 is 0. The van der Waals surface area contributed by atoms with Crippen LogP contribution in [0.1, 0.15) is 16.8 Å². The average Bonchev–Trinajstić information content (AvgIpc) is 3.06. The van der Waals surface area contributed by atoms with Crippen LogP contribution in [0.2, 0.25) is 0 Å². The maximum atomic E-state index is 12.7. The number of nitrogens with one attached hydrogen (secondary N) is 1. The Morgan fingerprint density at radius 1 is 1.27 bits per heavy atom. The Hall–Kier alpha value is -1.45. The Bertz CT molecular complexity index is 945. The van der Waals surface area contributed by atoms with Crippen molar-refractivity contribution in [1.82, 2.24) is 15.0 Å². The Balaban J connectivity index is 0.00000243. The van der Waals surface area contributed by atoms with Gasteiger partial charge >= 0.3 is 29.6 Å². The van der Waals surface area contributed by atoms with Crippen LogP contribution < -0.4 is 44.1 Å². The summed E-state index contributed by atoms with van der Waals surface area (Å²) in [5.74, 6) is 1.38. The monoisotopic (exact) mass is 383 g/mol. The fourth-order valence-electron chi connectivity index (χ4n) is 2.61. The molecule has 0 fully saturated rings. The fourth-order valence-corrected chi connectivity index (χ4v) is 3.71. The van der Waals surface area contributed by atoms with Crippen LogP contribution in [-0.4, -0.2) is 33.4 Å². The summed E-state index contributed by atoms with van der Waals surface area (Å²) in [5, 5.41) is 11.5. The van der Waals surface area contributed by atoms with Gasteiger partial charge in [0, 0.05) is 17.8 Å². The first-order valence-corrected chi connectivity index (χ1v) is 8.90. The van der Waals surface area contributed by atoms with E-state index in [-0.39, 0.29) is 35.3 Å². The predicted molar refractivity (Wildman–Crippen MR) is 92.0 cm³/mol. The molecule has 1 N–H and O–H groups in total. The maximum absolute atomic E-state index is 12.7. The first kappa shape index (κ1) is 20.9. The molecule has 0 saturated heterocycles. The van der Waals surface area contributed by atoms with Crippen LogP contribution in [0, 0.1) is 6.92 Å². The molecular formula is C17H18N3NaO4S. The molecule has 1 atom stereocenters. The van der Waals surface area contributed by atoms with E-state index < -0.39 is 17.4 Å². The number of nitrogens with zero attached hydrogens (tertiary/aromatic N) is 2. The van der Waals surface area contributed by atoms with E-state index in [4.69, 9.17) is 9.47 Å². The molecule has 0 aliphatic heterocycles. The number of rotatable bonds is 6. The van der Waals surface area contributed by atoms with Gasteiger partial charge in [0.2, 0.25) is 0 Å². The van der Waals surface area contributed by atoms with Gasteiger partial charge in [0.15, 0.2) is 5.16 Å². The Morgan fingerprint density at radius 3 is 2.69 bits per heavy atom. The van der Waals surface area contributed by atoms with Crippen LogP contribution in [0.4, 0.5) is 0 Å². The fraction of sp³-hybridized carbons (Fsp3) is 0.294. The van der Waals surface area contributed by atoms with Crippen molar-refractivity contribution in [3.8, 4) is 11.5 Å². The van der Waals surface area contributed by atoms with Gasteiger partial charge < -0.3 is 19.6 Å². The predicted octanol–water partition coefficient (Wildman–Crippen LogP) is -1.54. The number of benzene rings is 1. The molecule has 1 aromatic carbocycles. The quantitative estimate of drug-likeness (QED) is 0.518. The summed E-state index contributed by atoms with van der Waals surface area (Å²) in [7, 11) is 1.69. The zero-order chi connectivity index (χ0) is 18.0. The number of aromatic amines is 1. The van der Waals surface area contributed by atoms with E-state index in [9.17, 15) is 9.32 Å².